The van der Waals surface area contributed by atoms with Gasteiger partial charge in [0.1, 0.15) is 6.04 Å². The standard InChI is InChI=1S/C12H13N5O/c1-7-3-4-9-11(15-7)16-12(18-9)10(13)8-5-14-17(2)6-8/h3-6,10H,13H2,1-2H3. The first-order chi connectivity index (χ1) is 8.63. The molecule has 0 aliphatic rings. The van der Waals surface area contributed by atoms with E-state index < -0.39 is 6.04 Å². The fourth-order valence-electron chi connectivity index (χ4n) is 1.81. The van der Waals surface area contributed by atoms with Gasteiger partial charge in [0.25, 0.3) is 0 Å². The maximum atomic E-state index is 6.09. The topological polar surface area (TPSA) is 82.8 Å². The first-order valence-corrected chi connectivity index (χ1v) is 5.62. The lowest BCUT2D eigenvalue weighted by Gasteiger charge is -2.02. The van der Waals surface area contributed by atoms with Gasteiger partial charge in [-0.05, 0) is 19.1 Å². The molecule has 0 aromatic carbocycles. The quantitative estimate of drug-likeness (QED) is 0.733. The van der Waals surface area contributed by atoms with Crippen LogP contribution in [-0.2, 0) is 7.05 Å². The number of aromatic nitrogens is 4. The fourth-order valence-corrected chi connectivity index (χ4v) is 1.81. The molecule has 0 fully saturated rings. The first kappa shape index (κ1) is 10.9. The van der Waals surface area contributed by atoms with E-state index in [1.807, 2.05) is 32.3 Å². The lowest BCUT2D eigenvalue weighted by molar-refractivity contribution is 0.505. The van der Waals surface area contributed by atoms with E-state index in [2.05, 4.69) is 15.1 Å². The molecule has 6 heteroatoms. The van der Waals surface area contributed by atoms with Gasteiger partial charge >= 0.3 is 0 Å². The van der Waals surface area contributed by atoms with Gasteiger partial charge in [-0.2, -0.15) is 10.1 Å². The lowest BCUT2D eigenvalue weighted by atomic mass is 10.2. The Bertz CT molecular complexity index is 699. The van der Waals surface area contributed by atoms with Crippen LogP contribution < -0.4 is 5.73 Å². The third-order valence-corrected chi connectivity index (χ3v) is 2.76. The Morgan fingerprint density at radius 2 is 2.17 bits per heavy atom. The summed E-state index contributed by atoms with van der Waals surface area (Å²) in [4.78, 5) is 8.62. The molecule has 0 radical (unpaired) electrons. The van der Waals surface area contributed by atoms with Crippen molar-refractivity contribution in [3.05, 3.63) is 41.7 Å². The second kappa shape index (κ2) is 3.92. The molecule has 0 bridgehead atoms. The zero-order chi connectivity index (χ0) is 12.7. The van der Waals surface area contributed by atoms with E-state index >= 15 is 0 Å². The Morgan fingerprint density at radius 1 is 1.33 bits per heavy atom. The number of pyridine rings is 1. The predicted octanol–water partition coefficient (Wildman–Crippen LogP) is 1.31. The predicted molar refractivity (Wildman–Crippen MR) is 65.8 cm³/mol. The molecule has 0 saturated carbocycles. The highest BCUT2D eigenvalue weighted by Crippen LogP contribution is 2.22. The average molecular weight is 243 g/mol. The SMILES string of the molecule is Cc1ccc2oc(C(N)c3cnn(C)c3)nc2n1. The van der Waals surface area contributed by atoms with Crippen LogP contribution >= 0.6 is 0 Å². The number of fused-ring (bicyclic) bond motifs is 1. The molecule has 0 saturated heterocycles. The smallest absolute Gasteiger partial charge is 0.218 e. The van der Waals surface area contributed by atoms with Crippen LogP contribution in [0.5, 0.6) is 0 Å². The molecule has 0 amide bonds. The second-order valence-corrected chi connectivity index (χ2v) is 4.25. The molecule has 6 nitrogen and oxygen atoms in total. The van der Waals surface area contributed by atoms with Gasteiger partial charge in [0, 0.05) is 24.5 Å². The van der Waals surface area contributed by atoms with E-state index in [1.54, 1.807) is 10.9 Å². The molecule has 1 unspecified atom stereocenters. The molecule has 18 heavy (non-hydrogen) atoms. The highest BCUT2D eigenvalue weighted by molar-refractivity contribution is 5.67. The molecule has 92 valence electrons. The normalized spacial score (nSPS) is 13.1. The summed E-state index contributed by atoms with van der Waals surface area (Å²) >= 11 is 0. The molecule has 1 atom stereocenters. The summed E-state index contributed by atoms with van der Waals surface area (Å²) in [5, 5.41) is 4.08. The third kappa shape index (κ3) is 1.76. The monoisotopic (exact) mass is 243 g/mol. The Balaban J connectivity index is 2.03. The van der Waals surface area contributed by atoms with Crippen molar-refractivity contribution in [3.8, 4) is 0 Å². The van der Waals surface area contributed by atoms with E-state index in [-0.39, 0.29) is 0 Å². The minimum atomic E-state index is -0.423. The molecule has 3 aromatic heterocycles. The molecule has 0 aliphatic carbocycles. The summed E-state index contributed by atoms with van der Waals surface area (Å²) < 4.78 is 7.31. The van der Waals surface area contributed by atoms with E-state index in [4.69, 9.17) is 10.2 Å². The van der Waals surface area contributed by atoms with Gasteiger partial charge in [-0.1, -0.05) is 0 Å². The number of hydrogen-bond acceptors (Lipinski definition) is 5. The Morgan fingerprint density at radius 3 is 2.89 bits per heavy atom. The second-order valence-electron chi connectivity index (χ2n) is 4.25. The molecule has 3 heterocycles. The van der Waals surface area contributed by atoms with Crippen LogP contribution in [0.1, 0.15) is 23.2 Å². The maximum absolute atomic E-state index is 6.09. The highest BCUT2D eigenvalue weighted by Gasteiger charge is 2.17. The van der Waals surface area contributed by atoms with Crippen molar-refractivity contribution in [1.82, 2.24) is 19.7 Å². The van der Waals surface area contributed by atoms with Crippen molar-refractivity contribution in [2.45, 2.75) is 13.0 Å². The Hall–Kier alpha value is -2.21. The molecule has 0 spiro atoms. The average Bonchev–Trinajstić information content (AvgIpc) is 2.93. The zero-order valence-electron chi connectivity index (χ0n) is 10.2. The van der Waals surface area contributed by atoms with Crippen LogP contribution in [-0.4, -0.2) is 19.7 Å². The van der Waals surface area contributed by atoms with Crippen molar-refractivity contribution in [2.24, 2.45) is 12.8 Å². The van der Waals surface area contributed by atoms with Crippen LogP contribution in [0.15, 0.2) is 28.9 Å². The summed E-state index contributed by atoms with van der Waals surface area (Å²) in [6.07, 6.45) is 3.55. The van der Waals surface area contributed by atoms with E-state index in [9.17, 15) is 0 Å². The Kier molecular flexibility index (Phi) is 2.38. The highest BCUT2D eigenvalue weighted by atomic mass is 16.3. The molecule has 3 rings (SSSR count). The summed E-state index contributed by atoms with van der Waals surface area (Å²) in [7, 11) is 1.84. The largest absolute Gasteiger partial charge is 0.437 e. The summed E-state index contributed by atoms with van der Waals surface area (Å²) in [6, 6.07) is 3.31. The van der Waals surface area contributed by atoms with Gasteiger partial charge in [0.15, 0.2) is 11.2 Å². The number of hydrogen-bond donors (Lipinski definition) is 1. The summed E-state index contributed by atoms with van der Waals surface area (Å²) in [5.74, 6) is 0.455. The van der Waals surface area contributed by atoms with E-state index in [0.717, 1.165) is 11.3 Å². The zero-order valence-corrected chi connectivity index (χ0v) is 10.2. The lowest BCUT2D eigenvalue weighted by Crippen LogP contribution is -2.11. The number of nitrogens with zero attached hydrogens (tertiary/aromatic N) is 4. The van der Waals surface area contributed by atoms with Crippen LogP contribution in [0.4, 0.5) is 0 Å². The number of nitrogens with two attached hydrogens (primary N) is 1. The van der Waals surface area contributed by atoms with Crippen molar-refractivity contribution in [1.29, 1.82) is 0 Å². The third-order valence-electron chi connectivity index (χ3n) is 2.76. The van der Waals surface area contributed by atoms with Gasteiger partial charge < -0.3 is 10.2 Å². The van der Waals surface area contributed by atoms with Crippen molar-refractivity contribution < 1.29 is 4.42 Å². The molecule has 3 aromatic rings. The van der Waals surface area contributed by atoms with Crippen LogP contribution in [0.2, 0.25) is 0 Å². The van der Waals surface area contributed by atoms with Crippen LogP contribution in [0.3, 0.4) is 0 Å². The van der Waals surface area contributed by atoms with Gasteiger partial charge in [-0.25, -0.2) is 4.98 Å². The van der Waals surface area contributed by atoms with Crippen LogP contribution in [0, 0.1) is 6.92 Å². The van der Waals surface area contributed by atoms with Gasteiger partial charge in [-0.15, -0.1) is 0 Å². The molecular weight excluding hydrogens is 230 g/mol. The number of oxazole rings is 1. The fraction of sp³-hybridized carbons (Fsp3) is 0.250. The minimum Gasteiger partial charge on any atom is -0.437 e. The van der Waals surface area contributed by atoms with Crippen LogP contribution in [0.25, 0.3) is 11.2 Å². The number of aryl methyl sites for hydroxylation is 2. The van der Waals surface area contributed by atoms with Crippen molar-refractivity contribution in [3.63, 3.8) is 0 Å². The number of rotatable bonds is 2. The van der Waals surface area contributed by atoms with Gasteiger partial charge in [0.2, 0.25) is 5.89 Å². The maximum Gasteiger partial charge on any atom is 0.218 e. The van der Waals surface area contributed by atoms with Gasteiger partial charge in [-0.3, -0.25) is 4.68 Å². The van der Waals surface area contributed by atoms with Gasteiger partial charge in [0.05, 0.1) is 6.20 Å². The Labute approximate surface area is 103 Å². The van der Waals surface area contributed by atoms with E-state index in [0.29, 0.717) is 17.1 Å². The first-order valence-electron chi connectivity index (χ1n) is 5.62. The van der Waals surface area contributed by atoms with Crippen molar-refractivity contribution >= 4 is 11.2 Å². The molecule has 0 aliphatic heterocycles. The summed E-state index contributed by atoms with van der Waals surface area (Å²) in [6.45, 7) is 1.91. The molecule has 2 N–H and O–H groups in total. The minimum absolute atomic E-state index is 0.423. The van der Waals surface area contributed by atoms with Crippen molar-refractivity contribution in [2.75, 3.05) is 0 Å². The molecular formula is C12H13N5O. The summed E-state index contributed by atoms with van der Waals surface area (Å²) in [5.41, 5.74) is 9.09. The van der Waals surface area contributed by atoms with E-state index in [1.165, 1.54) is 0 Å².